The Labute approximate surface area is 150 Å². The van der Waals surface area contributed by atoms with Gasteiger partial charge in [0.25, 0.3) is 0 Å². The Morgan fingerprint density at radius 3 is 2.58 bits per heavy atom. The van der Waals surface area contributed by atoms with Crippen molar-refractivity contribution < 1.29 is 4.79 Å². The highest BCUT2D eigenvalue weighted by Crippen LogP contribution is 2.27. The standard InChI is InChI=1S/C16H20ClN5OS/c17-13-8-4-3-7-12(13)15-19-20-16(22(15)18)24-11-14(23)21-9-5-1-2-6-10-21/h3-4,7-8H,1-2,5-6,9-11,18H2. The molecular formula is C16H20ClN5OS. The number of nitrogens with zero attached hydrogens (tertiary/aromatic N) is 4. The summed E-state index contributed by atoms with van der Waals surface area (Å²) in [6.07, 6.45) is 4.57. The Bertz CT molecular complexity index is 712. The van der Waals surface area contributed by atoms with E-state index in [0.717, 1.165) is 31.5 Å². The lowest BCUT2D eigenvalue weighted by molar-refractivity contribution is -0.128. The van der Waals surface area contributed by atoms with Gasteiger partial charge in [0.1, 0.15) is 0 Å². The van der Waals surface area contributed by atoms with Crippen LogP contribution in [-0.4, -0.2) is 44.5 Å². The molecule has 3 rings (SSSR count). The van der Waals surface area contributed by atoms with Gasteiger partial charge in [-0.2, -0.15) is 0 Å². The Kier molecular flexibility index (Phi) is 5.63. The smallest absolute Gasteiger partial charge is 0.233 e. The lowest BCUT2D eigenvalue weighted by Crippen LogP contribution is -2.33. The summed E-state index contributed by atoms with van der Waals surface area (Å²) in [7, 11) is 0. The molecule has 0 aliphatic carbocycles. The van der Waals surface area contributed by atoms with Crippen molar-refractivity contribution in [2.45, 2.75) is 30.8 Å². The number of nitrogens with two attached hydrogens (primary N) is 1. The van der Waals surface area contributed by atoms with Gasteiger partial charge < -0.3 is 10.7 Å². The van der Waals surface area contributed by atoms with Crippen LogP contribution < -0.4 is 5.84 Å². The Morgan fingerprint density at radius 1 is 1.17 bits per heavy atom. The molecule has 8 heteroatoms. The zero-order valence-corrected chi connectivity index (χ0v) is 14.9. The van der Waals surface area contributed by atoms with E-state index in [-0.39, 0.29) is 5.91 Å². The molecule has 1 amide bonds. The van der Waals surface area contributed by atoms with Crippen LogP contribution in [-0.2, 0) is 4.79 Å². The molecule has 0 spiro atoms. The fourth-order valence-electron chi connectivity index (χ4n) is 2.74. The van der Waals surface area contributed by atoms with E-state index in [1.807, 2.05) is 23.1 Å². The second-order valence-corrected chi connectivity index (χ2v) is 7.09. The van der Waals surface area contributed by atoms with Gasteiger partial charge in [0.2, 0.25) is 11.1 Å². The number of benzene rings is 1. The molecule has 1 aromatic carbocycles. The molecule has 1 aliphatic rings. The summed E-state index contributed by atoms with van der Waals surface area (Å²) in [5, 5.41) is 9.27. The first-order valence-corrected chi connectivity index (χ1v) is 9.39. The summed E-state index contributed by atoms with van der Waals surface area (Å²) < 4.78 is 1.39. The Morgan fingerprint density at radius 2 is 1.88 bits per heavy atom. The molecule has 1 saturated heterocycles. The molecule has 24 heavy (non-hydrogen) atoms. The summed E-state index contributed by atoms with van der Waals surface area (Å²) in [6, 6.07) is 7.33. The van der Waals surface area contributed by atoms with Crippen molar-refractivity contribution in [2.24, 2.45) is 0 Å². The van der Waals surface area contributed by atoms with Gasteiger partial charge in [-0.3, -0.25) is 4.79 Å². The van der Waals surface area contributed by atoms with Gasteiger partial charge in [-0.05, 0) is 25.0 Å². The molecule has 1 aliphatic heterocycles. The third-order valence-corrected chi connectivity index (χ3v) is 5.32. The number of carbonyl (C=O) groups is 1. The van der Waals surface area contributed by atoms with E-state index in [2.05, 4.69) is 10.2 Å². The highest BCUT2D eigenvalue weighted by molar-refractivity contribution is 7.99. The average Bonchev–Trinajstić information content (AvgIpc) is 2.79. The number of halogens is 1. The minimum absolute atomic E-state index is 0.129. The van der Waals surface area contributed by atoms with Gasteiger partial charge >= 0.3 is 0 Å². The van der Waals surface area contributed by atoms with Crippen LogP contribution in [0.3, 0.4) is 0 Å². The van der Waals surface area contributed by atoms with Crippen molar-refractivity contribution in [3.63, 3.8) is 0 Å². The number of aromatic nitrogens is 3. The third kappa shape index (κ3) is 3.84. The third-order valence-electron chi connectivity index (χ3n) is 4.06. The number of rotatable bonds is 4. The molecule has 128 valence electrons. The molecule has 2 heterocycles. The molecule has 1 aromatic heterocycles. The van der Waals surface area contributed by atoms with E-state index < -0.39 is 0 Å². The predicted octanol–water partition coefficient (Wildman–Crippen LogP) is 2.81. The van der Waals surface area contributed by atoms with Gasteiger partial charge in [-0.25, -0.2) is 4.68 Å². The van der Waals surface area contributed by atoms with Crippen molar-refractivity contribution in [3.8, 4) is 11.4 Å². The number of amides is 1. The molecular weight excluding hydrogens is 346 g/mol. The summed E-state index contributed by atoms with van der Waals surface area (Å²) in [5.74, 6) is 7.02. The first-order valence-electron chi connectivity index (χ1n) is 8.03. The number of carbonyl (C=O) groups excluding carboxylic acids is 1. The number of hydrogen-bond donors (Lipinski definition) is 1. The molecule has 0 atom stereocenters. The van der Waals surface area contributed by atoms with Gasteiger partial charge in [0.05, 0.1) is 10.8 Å². The van der Waals surface area contributed by atoms with E-state index >= 15 is 0 Å². The molecule has 0 unspecified atom stereocenters. The molecule has 0 saturated carbocycles. The largest absolute Gasteiger partial charge is 0.342 e. The van der Waals surface area contributed by atoms with E-state index in [4.69, 9.17) is 17.4 Å². The maximum atomic E-state index is 12.4. The van der Waals surface area contributed by atoms with Crippen LogP contribution in [0.2, 0.25) is 5.02 Å². The number of nitrogen functional groups attached to an aromatic ring is 1. The Hall–Kier alpha value is -1.73. The number of likely N-dealkylation sites (tertiary alicyclic amines) is 1. The van der Waals surface area contributed by atoms with Crippen LogP contribution in [0, 0.1) is 0 Å². The van der Waals surface area contributed by atoms with Crippen molar-refractivity contribution in [1.82, 2.24) is 19.8 Å². The van der Waals surface area contributed by atoms with E-state index in [9.17, 15) is 4.79 Å². The highest BCUT2D eigenvalue weighted by atomic mass is 35.5. The molecule has 0 radical (unpaired) electrons. The minimum Gasteiger partial charge on any atom is -0.342 e. The van der Waals surface area contributed by atoms with Crippen LogP contribution in [0.5, 0.6) is 0 Å². The normalized spacial score (nSPS) is 15.3. The predicted molar refractivity (Wildman–Crippen MR) is 96.4 cm³/mol. The average molecular weight is 366 g/mol. The van der Waals surface area contributed by atoms with Crippen molar-refractivity contribution in [2.75, 3.05) is 24.7 Å². The second-order valence-electron chi connectivity index (χ2n) is 5.74. The van der Waals surface area contributed by atoms with Gasteiger partial charge in [0.15, 0.2) is 5.82 Å². The molecule has 6 nitrogen and oxygen atoms in total. The quantitative estimate of drug-likeness (QED) is 0.666. The first kappa shape index (κ1) is 17.1. The van der Waals surface area contributed by atoms with Crippen LogP contribution in [0.4, 0.5) is 0 Å². The fraction of sp³-hybridized carbons (Fsp3) is 0.438. The SMILES string of the molecule is Nn1c(SCC(=O)N2CCCCCC2)nnc1-c1ccccc1Cl. The molecule has 0 bridgehead atoms. The van der Waals surface area contributed by atoms with Gasteiger partial charge in [-0.15, -0.1) is 10.2 Å². The maximum absolute atomic E-state index is 12.4. The first-order chi connectivity index (χ1) is 11.7. The van der Waals surface area contributed by atoms with E-state index in [1.54, 1.807) is 6.07 Å². The zero-order chi connectivity index (χ0) is 16.9. The lowest BCUT2D eigenvalue weighted by Gasteiger charge is -2.19. The van der Waals surface area contributed by atoms with E-state index in [1.165, 1.54) is 29.3 Å². The van der Waals surface area contributed by atoms with Gasteiger partial charge in [0, 0.05) is 18.7 Å². The minimum atomic E-state index is 0.129. The van der Waals surface area contributed by atoms with Gasteiger partial charge in [-0.1, -0.05) is 48.3 Å². The molecule has 2 N–H and O–H groups in total. The van der Waals surface area contributed by atoms with Crippen molar-refractivity contribution in [1.29, 1.82) is 0 Å². The fourth-order valence-corrected chi connectivity index (χ4v) is 3.72. The molecule has 1 fully saturated rings. The summed E-state index contributed by atoms with van der Waals surface area (Å²) in [4.78, 5) is 14.3. The number of thioether (sulfide) groups is 1. The lowest BCUT2D eigenvalue weighted by atomic mass is 10.2. The highest BCUT2D eigenvalue weighted by Gasteiger charge is 2.19. The summed E-state index contributed by atoms with van der Waals surface area (Å²) >= 11 is 7.49. The van der Waals surface area contributed by atoms with Crippen molar-refractivity contribution >= 4 is 29.3 Å². The van der Waals surface area contributed by atoms with Crippen LogP contribution >= 0.6 is 23.4 Å². The van der Waals surface area contributed by atoms with E-state index in [0.29, 0.717) is 21.8 Å². The monoisotopic (exact) mass is 365 g/mol. The number of hydrogen-bond acceptors (Lipinski definition) is 5. The summed E-state index contributed by atoms with van der Waals surface area (Å²) in [6.45, 7) is 1.69. The summed E-state index contributed by atoms with van der Waals surface area (Å²) in [5.41, 5.74) is 0.722. The van der Waals surface area contributed by atoms with Crippen LogP contribution in [0.15, 0.2) is 29.4 Å². The zero-order valence-electron chi connectivity index (χ0n) is 13.3. The maximum Gasteiger partial charge on any atom is 0.233 e. The topological polar surface area (TPSA) is 77.0 Å². The van der Waals surface area contributed by atoms with Crippen LogP contribution in [0.1, 0.15) is 25.7 Å². The van der Waals surface area contributed by atoms with Crippen molar-refractivity contribution in [3.05, 3.63) is 29.3 Å². The second kappa shape index (κ2) is 7.90. The van der Waals surface area contributed by atoms with Crippen LogP contribution in [0.25, 0.3) is 11.4 Å². The Balaban J connectivity index is 1.66. The molecule has 2 aromatic rings.